The molecule has 0 aliphatic heterocycles. The molecule has 0 amide bonds. The van der Waals surface area contributed by atoms with E-state index < -0.39 is 0 Å². The minimum absolute atomic E-state index is 0.0616. The Balaban J connectivity index is 1.73. The highest BCUT2D eigenvalue weighted by Gasteiger charge is 2.28. The van der Waals surface area contributed by atoms with Crippen LogP contribution in [0.3, 0.4) is 0 Å². The molecular formula is C16H16N4OS. The summed E-state index contributed by atoms with van der Waals surface area (Å²) in [5.74, 6) is 2.80. The molecule has 112 valence electrons. The number of fused-ring (bicyclic) bond motifs is 1. The molecule has 0 radical (unpaired) electrons. The van der Waals surface area contributed by atoms with Gasteiger partial charge in [0.05, 0.1) is 10.8 Å². The lowest BCUT2D eigenvalue weighted by Crippen LogP contribution is -1.98. The van der Waals surface area contributed by atoms with Gasteiger partial charge in [0.25, 0.3) is 0 Å². The van der Waals surface area contributed by atoms with Gasteiger partial charge in [-0.15, -0.1) is 0 Å². The first-order valence-electron chi connectivity index (χ1n) is 7.44. The van der Waals surface area contributed by atoms with E-state index in [2.05, 4.69) is 29.2 Å². The molecule has 0 N–H and O–H groups in total. The molecule has 2 heterocycles. The largest absolute Gasteiger partial charge is 0.338 e. The van der Waals surface area contributed by atoms with Crippen LogP contribution in [-0.4, -0.2) is 20.1 Å². The average Bonchev–Trinajstić information content (AvgIpc) is 3.28. The predicted molar refractivity (Wildman–Crippen MR) is 84.8 cm³/mol. The van der Waals surface area contributed by atoms with E-state index in [1.54, 1.807) is 11.8 Å². The maximum absolute atomic E-state index is 5.28. The van der Waals surface area contributed by atoms with Crippen molar-refractivity contribution in [2.45, 2.75) is 42.9 Å². The third-order valence-corrected chi connectivity index (χ3v) is 4.80. The van der Waals surface area contributed by atoms with Crippen molar-refractivity contribution in [3.05, 3.63) is 41.8 Å². The van der Waals surface area contributed by atoms with Crippen LogP contribution in [0.5, 0.6) is 0 Å². The van der Waals surface area contributed by atoms with Crippen LogP contribution in [0.15, 0.2) is 33.8 Å². The van der Waals surface area contributed by atoms with Crippen molar-refractivity contribution in [3.63, 3.8) is 0 Å². The molecule has 4 rings (SSSR count). The summed E-state index contributed by atoms with van der Waals surface area (Å²) in [6, 6.07) is 8.16. The van der Waals surface area contributed by atoms with Gasteiger partial charge in [-0.25, -0.2) is 9.97 Å². The highest BCUT2D eigenvalue weighted by Crippen LogP contribution is 2.41. The van der Waals surface area contributed by atoms with Gasteiger partial charge in [0.2, 0.25) is 5.89 Å². The summed E-state index contributed by atoms with van der Waals surface area (Å²) in [5, 5.41) is 6.01. The van der Waals surface area contributed by atoms with Gasteiger partial charge in [0, 0.05) is 11.3 Å². The Morgan fingerprint density at radius 1 is 1.18 bits per heavy atom. The lowest BCUT2D eigenvalue weighted by molar-refractivity contribution is 0.376. The van der Waals surface area contributed by atoms with Crippen LogP contribution in [0.2, 0.25) is 0 Å². The molecule has 3 aromatic rings. The van der Waals surface area contributed by atoms with E-state index in [1.165, 1.54) is 12.8 Å². The fourth-order valence-electron chi connectivity index (χ4n) is 2.37. The molecule has 1 aromatic carbocycles. The number of aromatic nitrogens is 4. The van der Waals surface area contributed by atoms with Crippen molar-refractivity contribution in [2.75, 3.05) is 0 Å². The Morgan fingerprint density at radius 2 is 2.00 bits per heavy atom. The van der Waals surface area contributed by atoms with Crippen LogP contribution >= 0.6 is 11.8 Å². The minimum Gasteiger partial charge on any atom is -0.338 e. The highest BCUT2D eigenvalue weighted by atomic mass is 32.2. The van der Waals surface area contributed by atoms with E-state index in [0.29, 0.717) is 17.6 Å². The third-order valence-electron chi connectivity index (χ3n) is 3.71. The highest BCUT2D eigenvalue weighted by molar-refractivity contribution is 7.99. The molecule has 1 saturated carbocycles. The van der Waals surface area contributed by atoms with Gasteiger partial charge in [-0.1, -0.05) is 35.1 Å². The number of hydrogen-bond acceptors (Lipinski definition) is 6. The monoisotopic (exact) mass is 312 g/mol. The molecular weight excluding hydrogens is 296 g/mol. The Morgan fingerprint density at radius 3 is 2.73 bits per heavy atom. The van der Waals surface area contributed by atoms with Crippen molar-refractivity contribution < 1.29 is 4.52 Å². The summed E-state index contributed by atoms with van der Waals surface area (Å²) in [5.41, 5.74) is 1.01. The molecule has 1 aliphatic rings. The third kappa shape index (κ3) is 2.59. The zero-order valence-corrected chi connectivity index (χ0v) is 13.3. The number of hydrogen-bond donors (Lipinski definition) is 0. The van der Waals surface area contributed by atoms with Crippen LogP contribution in [0.4, 0.5) is 0 Å². The van der Waals surface area contributed by atoms with Crippen molar-refractivity contribution in [3.8, 4) is 0 Å². The van der Waals surface area contributed by atoms with E-state index in [0.717, 1.165) is 21.8 Å². The van der Waals surface area contributed by atoms with Crippen molar-refractivity contribution in [2.24, 2.45) is 0 Å². The van der Waals surface area contributed by atoms with E-state index in [4.69, 9.17) is 14.5 Å². The maximum Gasteiger partial charge on any atom is 0.239 e. The standard InChI is InChI=1S/C16H16N4OS/c1-9(15-17-10(2)20-21-15)22-16-12-5-3-4-6-13(12)18-14(19-16)11-7-8-11/h3-6,9,11H,7-8H2,1-2H3. The van der Waals surface area contributed by atoms with Crippen LogP contribution in [0.1, 0.15) is 48.5 Å². The molecule has 1 aliphatic carbocycles. The summed E-state index contributed by atoms with van der Waals surface area (Å²) in [6.45, 7) is 3.89. The van der Waals surface area contributed by atoms with Crippen molar-refractivity contribution >= 4 is 22.7 Å². The van der Waals surface area contributed by atoms with Gasteiger partial charge in [0.1, 0.15) is 10.9 Å². The lowest BCUT2D eigenvalue weighted by atomic mass is 10.2. The molecule has 0 spiro atoms. The summed E-state index contributed by atoms with van der Waals surface area (Å²) in [6.07, 6.45) is 2.39. The van der Waals surface area contributed by atoms with Crippen molar-refractivity contribution in [1.29, 1.82) is 0 Å². The number of benzene rings is 1. The number of rotatable bonds is 4. The fraction of sp³-hybridized carbons (Fsp3) is 0.375. The molecule has 1 unspecified atom stereocenters. The van der Waals surface area contributed by atoms with Gasteiger partial charge in [-0.2, -0.15) is 4.98 Å². The fourth-order valence-corrected chi connectivity index (χ4v) is 3.35. The Kier molecular flexibility index (Phi) is 3.33. The maximum atomic E-state index is 5.28. The minimum atomic E-state index is 0.0616. The molecule has 1 atom stereocenters. The Bertz CT molecular complexity index is 828. The molecule has 22 heavy (non-hydrogen) atoms. The van der Waals surface area contributed by atoms with Crippen LogP contribution in [0.25, 0.3) is 10.9 Å². The first kappa shape index (κ1) is 13.7. The van der Waals surface area contributed by atoms with Gasteiger partial charge in [-0.05, 0) is 32.8 Å². The van der Waals surface area contributed by atoms with Crippen LogP contribution in [0, 0.1) is 6.92 Å². The van der Waals surface area contributed by atoms with Gasteiger partial charge in [0.15, 0.2) is 5.82 Å². The second-order valence-corrected chi connectivity index (χ2v) is 6.95. The summed E-state index contributed by atoms with van der Waals surface area (Å²) in [4.78, 5) is 13.8. The van der Waals surface area contributed by atoms with Gasteiger partial charge < -0.3 is 4.52 Å². The summed E-state index contributed by atoms with van der Waals surface area (Å²) >= 11 is 1.65. The second kappa shape index (κ2) is 5.35. The van der Waals surface area contributed by atoms with E-state index in [-0.39, 0.29) is 5.25 Å². The van der Waals surface area contributed by atoms with Crippen LogP contribution in [-0.2, 0) is 0 Å². The topological polar surface area (TPSA) is 64.7 Å². The summed E-state index contributed by atoms with van der Waals surface area (Å²) in [7, 11) is 0. The molecule has 5 nitrogen and oxygen atoms in total. The van der Waals surface area contributed by atoms with Gasteiger partial charge in [-0.3, -0.25) is 0 Å². The molecule has 1 fully saturated rings. The number of aryl methyl sites for hydroxylation is 1. The SMILES string of the molecule is Cc1noc(C(C)Sc2nc(C3CC3)nc3ccccc23)n1. The van der Waals surface area contributed by atoms with Crippen LogP contribution < -0.4 is 0 Å². The van der Waals surface area contributed by atoms with E-state index >= 15 is 0 Å². The number of nitrogens with zero attached hydrogens (tertiary/aromatic N) is 4. The normalized spacial score (nSPS) is 16.1. The Hall–Kier alpha value is -1.95. The summed E-state index contributed by atoms with van der Waals surface area (Å²) < 4.78 is 5.28. The molecule has 0 saturated heterocycles. The zero-order chi connectivity index (χ0) is 15.1. The smallest absolute Gasteiger partial charge is 0.239 e. The van der Waals surface area contributed by atoms with E-state index in [9.17, 15) is 0 Å². The quantitative estimate of drug-likeness (QED) is 0.535. The molecule has 0 bridgehead atoms. The van der Waals surface area contributed by atoms with E-state index in [1.807, 2.05) is 19.1 Å². The number of thioether (sulfide) groups is 1. The second-order valence-electron chi connectivity index (χ2n) is 5.62. The first-order chi connectivity index (χ1) is 10.7. The zero-order valence-electron chi connectivity index (χ0n) is 12.5. The lowest BCUT2D eigenvalue weighted by Gasteiger charge is -2.10. The Labute approximate surface area is 132 Å². The molecule has 6 heteroatoms. The average molecular weight is 312 g/mol. The van der Waals surface area contributed by atoms with Crippen molar-refractivity contribution in [1.82, 2.24) is 20.1 Å². The van der Waals surface area contributed by atoms with Gasteiger partial charge >= 0.3 is 0 Å². The number of para-hydroxylation sites is 1. The molecule has 2 aromatic heterocycles. The first-order valence-corrected chi connectivity index (χ1v) is 8.32. The predicted octanol–water partition coefficient (Wildman–Crippen LogP) is 4.05.